The first kappa shape index (κ1) is 13.1. The highest BCUT2D eigenvalue weighted by Gasteiger charge is 2.53. The van der Waals surface area contributed by atoms with Crippen LogP contribution in [0.15, 0.2) is 0 Å². The topological polar surface area (TPSA) is 39.7 Å². The zero-order valence-corrected chi connectivity index (χ0v) is 10.4. The van der Waals surface area contributed by atoms with E-state index >= 15 is 0 Å². The average Bonchev–Trinajstić information content (AvgIpc) is 2.07. The summed E-state index contributed by atoms with van der Waals surface area (Å²) in [6, 6.07) is 0. The third-order valence-electron chi connectivity index (χ3n) is 2.19. The maximum atomic E-state index is 5.39. The molecule has 0 aromatic heterocycles. The van der Waals surface area contributed by atoms with Gasteiger partial charge in [0.05, 0.1) is 5.16 Å². The van der Waals surface area contributed by atoms with Crippen molar-refractivity contribution in [2.45, 2.75) is 25.9 Å². The molecule has 0 atom stereocenters. The Morgan fingerprint density at radius 3 is 1.69 bits per heavy atom. The molecule has 4 nitrogen and oxygen atoms in total. The zero-order valence-electron chi connectivity index (χ0n) is 9.43. The van der Waals surface area contributed by atoms with Crippen molar-refractivity contribution in [3.8, 4) is 0 Å². The van der Waals surface area contributed by atoms with Gasteiger partial charge in [-0.2, -0.15) is 0 Å². The molecule has 0 saturated carbocycles. The fraction of sp³-hybridized carbons (Fsp3) is 1.00. The summed E-state index contributed by atoms with van der Waals surface area (Å²) in [5.74, 6) is 0. The van der Waals surface area contributed by atoms with Gasteiger partial charge in [-0.1, -0.05) is 6.92 Å². The van der Waals surface area contributed by atoms with Crippen LogP contribution < -0.4 is 5.32 Å². The highest BCUT2D eigenvalue weighted by Crippen LogP contribution is 2.21. The van der Waals surface area contributed by atoms with Crippen LogP contribution in [-0.2, 0) is 13.3 Å². The minimum atomic E-state index is -2.58. The van der Waals surface area contributed by atoms with Crippen molar-refractivity contribution >= 4 is 8.80 Å². The van der Waals surface area contributed by atoms with Crippen LogP contribution in [0.5, 0.6) is 0 Å². The van der Waals surface area contributed by atoms with Gasteiger partial charge in [-0.3, -0.25) is 0 Å². The molecule has 0 fully saturated rings. The van der Waals surface area contributed by atoms with E-state index in [2.05, 4.69) is 5.32 Å². The first-order valence-electron chi connectivity index (χ1n) is 4.40. The Balaban J connectivity index is 4.68. The van der Waals surface area contributed by atoms with E-state index in [9.17, 15) is 0 Å². The standard InChI is InChI=1S/C8H21NO3Si/c1-7-9-8(2,3)13(10-4,11-5)12-6/h9H,7H2,1-6H3. The summed E-state index contributed by atoms with van der Waals surface area (Å²) in [5, 5.41) is 3.04. The molecule has 0 rings (SSSR count). The van der Waals surface area contributed by atoms with Gasteiger partial charge in [0.2, 0.25) is 0 Å². The number of hydrogen-bond acceptors (Lipinski definition) is 4. The number of nitrogens with one attached hydrogen (secondary N) is 1. The van der Waals surface area contributed by atoms with Crippen LogP contribution in [0.2, 0.25) is 0 Å². The van der Waals surface area contributed by atoms with E-state index in [-0.39, 0.29) is 5.16 Å². The van der Waals surface area contributed by atoms with Crippen molar-refractivity contribution in [3.05, 3.63) is 0 Å². The molecule has 13 heavy (non-hydrogen) atoms. The van der Waals surface area contributed by atoms with Gasteiger partial charge < -0.3 is 18.6 Å². The van der Waals surface area contributed by atoms with Crippen molar-refractivity contribution in [2.24, 2.45) is 0 Å². The second-order valence-electron chi connectivity index (χ2n) is 3.32. The van der Waals surface area contributed by atoms with Gasteiger partial charge in [0, 0.05) is 21.3 Å². The van der Waals surface area contributed by atoms with E-state index < -0.39 is 8.80 Å². The van der Waals surface area contributed by atoms with Crippen molar-refractivity contribution in [1.82, 2.24) is 5.32 Å². The predicted molar refractivity (Wildman–Crippen MR) is 54.5 cm³/mol. The molecule has 0 radical (unpaired) electrons. The van der Waals surface area contributed by atoms with Crippen LogP contribution in [0.4, 0.5) is 0 Å². The summed E-state index contributed by atoms with van der Waals surface area (Å²) in [4.78, 5) is 0. The van der Waals surface area contributed by atoms with Gasteiger partial charge >= 0.3 is 8.80 Å². The Morgan fingerprint density at radius 2 is 1.46 bits per heavy atom. The molecule has 0 saturated heterocycles. The Bertz CT molecular complexity index is 140. The molecule has 0 aliphatic carbocycles. The minimum Gasteiger partial charge on any atom is -0.376 e. The lowest BCUT2D eigenvalue weighted by molar-refractivity contribution is 0.0901. The van der Waals surface area contributed by atoms with Crippen molar-refractivity contribution in [2.75, 3.05) is 27.9 Å². The van der Waals surface area contributed by atoms with E-state index in [4.69, 9.17) is 13.3 Å². The maximum absolute atomic E-state index is 5.39. The molecule has 0 spiro atoms. The second kappa shape index (κ2) is 5.07. The number of rotatable bonds is 6. The van der Waals surface area contributed by atoms with Crippen LogP contribution in [0.3, 0.4) is 0 Å². The lowest BCUT2D eigenvalue weighted by Gasteiger charge is -2.38. The average molecular weight is 207 g/mol. The molecule has 0 heterocycles. The van der Waals surface area contributed by atoms with Gasteiger partial charge in [0.25, 0.3) is 0 Å². The lowest BCUT2D eigenvalue weighted by atomic mass is 10.4. The lowest BCUT2D eigenvalue weighted by Crippen LogP contribution is -2.67. The summed E-state index contributed by atoms with van der Waals surface area (Å²) >= 11 is 0. The van der Waals surface area contributed by atoms with E-state index in [0.29, 0.717) is 0 Å². The van der Waals surface area contributed by atoms with E-state index in [1.165, 1.54) is 0 Å². The summed E-state index contributed by atoms with van der Waals surface area (Å²) < 4.78 is 16.2. The Kier molecular flexibility index (Phi) is 5.09. The van der Waals surface area contributed by atoms with Crippen molar-refractivity contribution in [1.29, 1.82) is 0 Å². The van der Waals surface area contributed by atoms with Gasteiger partial charge in [-0.15, -0.1) is 0 Å². The fourth-order valence-corrected chi connectivity index (χ4v) is 3.99. The smallest absolute Gasteiger partial charge is 0.376 e. The Labute approximate surface area is 81.9 Å². The first-order valence-corrected chi connectivity index (χ1v) is 6.12. The van der Waals surface area contributed by atoms with Crippen LogP contribution in [0, 0.1) is 0 Å². The maximum Gasteiger partial charge on any atom is 0.520 e. The van der Waals surface area contributed by atoms with Crippen LogP contribution in [0.25, 0.3) is 0 Å². The molecule has 0 amide bonds. The molecule has 5 heteroatoms. The summed E-state index contributed by atoms with van der Waals surface area (Å²) in [6.07, 6.45) is 0. The van der Waals surface area contributed by atoms with Gasteiger partial charge in [-0.05, 0) is 20.4 Å². The summed E-state index contributed by atoms with van der Waals surface area (Å²) in [6.45, 7) is 6.96. The molecular formula is C8H21NO3Si. The van der Waals surface area contributed by atoms with Gasteiger partial charge in [0.15, 0.2) is 0 Å². The molecule has 1 N–H and O–H groups in total. The monoisotopic (exact) mass is 207 g/mol. The molecular weight excluding hydrogens is 186 g/mol. The van der Waals surface area contributed by atoms with E-state index in [1.807, 2.05) is 20.8 Å². The molecule has 80 valence electrons. The van der Waals surface area contributed by atoms with Crippen LogP contribution in [0.1, 0.15) is 20.8 Å². The van der Waals surface area contributed by atoms with Crippen molar-refractivity contribution in [3.63, 3.8) is 0 Å². The SMILES string of the molecule is CCNC(C)(C)[Si](OC)(OC)OC. The highest BCUT2D eigenvalue weighted by molar-refractivity contribution is 6.64. The van der Waals surface area contributed by atoms with E-state index in [0.717, 1.165) is 6.54 Å². The largest absolute Gasteiger partial charge is 0.520 e. The quantitative estimate of drug-likeness (QED) is 0.654. The molecule has 0 aromatic rings. The van der Waals surface area contributed by atoms with E-state index in [1.54, 1.807) is 21.3 Å². The molecule has 0 bridgehead atoms. The predicted octanol–water partition coefficient (Wildman–Crippen LogP) is 0.792. The molecule has 0 aliphatic heterocycles. The van der Waals surface area contributed by atoms with Crippen LogP contribution >= 0.6 is 0 Å². The Hall–Kier alpha value is 0.0569. The molecule has 0 aromatic carbocycles. The minimum absolute atomic E-state index is 0.264. The first-order chi connectivity index (χ1) is 5.99. The second-order valence-corrected chi connectivity index (χ2v) is 6.91. The number of hydrogen-bond donors (Lipinski definition) is 1. The fourth-order valence-electron chi connectivity index (χ4n) is 1.57. The van der Waals surface area contributed by atoms with Gasteiger partial charge in [0.1, 0.15) is 0 Å². The third-order valence-corrected chi connectivity index (χ3v) is 5.51. The molecule has 0 aliphatic rings. The zero-order chi connectivity index (χ0) is 10.5. The third kappa shape index (κ3) is 2.51. The van der Waals surface area contributed by atoms with Gasteiger partial charge in [-0.25, -0.2) is 0 Å². The summed E-state index contributed by atoms with van der Waals surface area (Å²) in [5.41, 5.74) is 0. The van der Waals surface area contributed by atoms with Crippen LogP contribution in [-0.4, -0.2) is 41.8 Å². The van der Waals surface area contributed by atoms with Crippen molar-refractivity contribution < 1.29 is 13.3 Å². The highest BCUT2D eigenvalue weighted by atomic mass is 28.4. The summed E-state index contributed by atoms with van der Waals surface area (Å²) in [7, 11) is 2.29. The Morgan fingerprint density at radius 1 is 1.08 bits per heavy atom. The normalized spacial score (nSPS) is 13.4. The molecule has 0 unspecified atom stereocenters.